The zero-order valence-electron chi connectivity index (χ0n) is 9.83. The van der Waals surface area contributed by atoms with Crippen molar-refractivity contribution in [2.75, 3.05) is 0 Å². The molecule has 0 amide bonds. The van der Waals surface area contributed by atoms with E-state index < -0.39 is 5.24 Å². The highest BCUT2D eigenvalue weighted by Crippen LogP contribution is 2.29. The van der Waals surface area contributed by atoms with Gasteiger partial charge in [-0.05, 0) is 53.8 Å². The number of benzene rings is 2. The molecule has 0 aliphatic heterocycles. The zero-order valence-corrected chi connectivity index (χ0v) is 10.6. The fourth-order valence-electron chi connectivity index (χ4n) is 2.11. The molecule has 0 aliphatic rings. The summed E-state index contributed by atoms with van der Waals surface area (Å²) in [5.41, 5.74) is 4.88. The van der Waals surface area contributed by atoms with Crippen LogP contribution in [0.3, 0.4) is 0 Å². The van der Waals surface area contributed by atoms with Crippen LogP contribution in [0.2, 0.25) is 0 Å². The predicted octanol–water partition coefficient (Wildman–Crippen LogP) is 4.35. The number of rotatable bonds is 2. The lowest BCUT2D eigenvalue weighted by Gasteiger charge is -2.12. The summed E-state index contributed by atoms with van der Waals surface area (Å²) in [6.07, 6.45) is 0. The van der Waals surface area contributed by atoms with Crippen LogP contribution in [0.1, 0.15) is 21.5 Å². The second-order valence-electron chi connectivity index (χ2n) is 4.07. The summed E-state index contributed by atoms with van der Waals surface area (Å²) in [7, 11) is 0. The summed E-state index contributed by atoms with van der Waals surface area (Å²) in [6.45, 7) is 3.97. The van der Waals surface area contributed by atoms with Gasteiger partial charge >= 0.3 is 0 Å². The van der Waals surface area contributed by atoms with Gasteiger partial charge in [-0.3, -0.25) is 4.79 Å². The molecular formula is C15H13ClO. The van der Waals surface area contributed by atoms with E-state index in [2.05, 4.69) is 0 Å². The van der Waals surface area contributed by atoms with Crippen LogP contribution >= 0.6 is 11.6 Å². The molecule has 2 aromatic rings. The van der Waals surface area contributed by atoms with Crippen LogP contribution in [-0.2, 0) is 0 Å². The summed E-state index contributed by atoms with van der Waals surface area (Å²) >= 11 is 5.58. The standard InChI is InChI=1S/C15H13ClO/c1-10-8-9-13(15(16)17)11(2)14(10)12-6-4-3-5-7-12/h3-9H,1-2H3. The van der Waals surface area contributed by atoms with Gasteiger partial charge in [0.15, 0.2) is 0 Å². The van der Waals surface area contributed by atoms with Gasteiger partial charge in [0.25, 0.3) is 5.24 Å². The largest absolute Gasteiger partial charge is 0.276 e. The molecule has 86 valence electrons. The first-order valence-electron chi connectivity index (χ1n) is 5.46. The topological polar surface area (TPSA) is 17.1 Å². The summed E-state index contributed by atoms with van der Waals surface area (Å²) in [6, 6.07) is 13.8. The van der Waals surface area contributed by atoms with Gasteiger partial charge in [-0.25, -0.2) is 0 Å². The van der Waals surface area contributed by atoms with Crippen LogP contribution in [0.15, 0.2) is 42.5 Å². The van der Waals surface area contributed by atoms with Crippen molar-refractivity contribution in [2.45, 2.75) is 13.8 Å². The Kier molecular flexibility index (Phi) is 3.30. The van der Waals surface area contributed by atoms with Gasteiger partial charge < -0.3 is 0 Å². The Balaban J connectivity index is 2.69. The van der Waals surface area contributed by atoms with E-state index >= 15 is 0 Å². The van der Waals surface area contributed by atoms with Crippen molar-refractivity contribution in [3.63, 3.8) is 0 Å². The Morgan fingerprint density at radius 1 is 1.00 bits per heavy atom. The fourth-order valence-corrected chi connectivity index (χ4v) is 2.31. The van der Waals surface area contributed by atoms with E-state index in [1.807, 2.05) is 50.2 Å². The summed E-state index contributed by atoms with van der Waals surface area (Å²) in [5.74, 6) is 0. The molecule has 0 spiro atoms. The molecule has 0 N–H and O–H groups in total. The zero-order chi connectivity index (χ0) is 12.4. The van der Waals surface area contributed by atoms with Crippen molar-refractivity contribution in [3.8, 4) is 11.1 Å². The van der Waals surface area contributed by atoms with Crippen LogP contribution in [0, 0.1) is 13.8 Å². The van der Waals surface area contributed by atoms with Gasteiger partial charge in [0.05, 0.1) is 0 Å². The monoisotopic (exact) mass is 244 g/mol. The SMILES string of the molecule is Cc1ccc(C(=O)Cl)c(C)c1-c1ccccc1. The van der Waals surface area contributed by atoms with Gasteiger partial charge in [0.2, 0.25) is 0 Å². The van der Waals surface area contributed by atoms with E-state index in [-0.39, 0.29) is 0 Å². The number of aryl methyl sites for hydroxylation is 1. The molecule has 0 radical (unpaired) electrons. The molecule has 0 heterocycles. The van der Waals surface area contributed by atoms with Crippen LogP contribution in [-0.4, -0.2) is 5.24 Å². The van der Waals surface area contributed by atoms with E-state index in [0.717, 1.165) is 22.3 Å². The second-order valence-corrected chi connectivity index (χ2v) is 4.41. The average molecular weight is 245 g/mol. The highest BCUT2D eigenvalue weighted by atomic mass is 35.5. The Morgan fingerprint density at radius 2 is 1.65 bits per heavy atom. The quantitative estimate of drug-likeness (QED) is 0.718. The summed E-state index contributed by atoms with van der Waals surface area (Å²) < 4.78 is 0. The first kappa shape index (κ1) is 11.9. The van der Waals surface area contributed by atoms with Crippen molar-refractivity contribution >= 4 is 16.8 Å². The maximum Gasteiger partial charge on any atom is 0.252 e. The van der Waals surface area contributed by atoms with Crippen LogP contribution < -0.4 is 0 Å². The van der Waals surface area contributed by atoms with Crippen LogP contribution in [0.4, 0.5) is 0 Å². The van der Waals surface area contributed by atoms with Gasteiger partial charge in [-0.2, -0.15) is 0 Å². The third-order valence-corrected chi connectivity index (χ3v) is 3.15. The van der Waals surface area contributed by atoms with Crippen LogP contribution in [0.5, 0.6) is 0 Å². The molecule has 0 unspecified atom stereocenters. The molecule has 0 aromatic heterocycles. The van der Waals surface area contributed by atoms with E-state index in [4.69, 9.17) is 11.6 Å². The minimum atomic E-state index is -0.403. The normalized spacial score (nSPS) is 10.3. The van der Waals surface area contributed by atoms with Gasteiger partial charge in [-0.1, -0.05) is 36.4 Å². The lowest BCUT2D eigenvalue weighted by molar-refractivity contribution is 0.108. The highest BCUT2D eigenvalue weighted by Gasteiger charge is 2.12. The van der Waals surface area contributed by atoms with E-state index in [9.17, 15) is 4.79 Å². The third-order valence-electron chi connectivity index (χ3n) is 2.95. The number of hydrogen-bond acceptors (Lipinski definition) is 1. The molecule has 17 heavy (non-hydrogen) atoms. The van der Waals surface area contributed by atoms with Crippen LogP contribution in [0.25, 0.3) is 11.1 Å². The van der Waals surface area contributed by atoms with E-state index in [1.54, 1.807) is 6.07 Å². The Hall–Kier alpha value is -1.60. The Morgan fingerprint density at radius 3 is 2.24 bits per heavy atom. The lowest BCUT2D eigenvalue weighted by atomic mass is 9.93. The van der Waals surface area contributed by atoms with Crippen molar-refractivity contribution in [1.82, 2.24) is 0 Å². The Bertz CT molecular complexity index is 559. The number of carbonyl (C=O) groups is 1. The fraction of sp³-hybridized carbons (Fsp3) is 0.133. The minimum Gasteiger partial charge on any atom is -0.276 e. The third kappa shape index (κ3) is 2.25. The van der Waals surface area contributed by atoms with E-state index in [1.165, 1.54) is 0 Å². The van der Waals surface area contributed by atoms with E-state index in [0.29, 0.717) is 5.56 Å². The smallest absolute Gasteiger partial charge is 0.252 e. The lowest BCUT2D eigenvalue weighted by Crippen LogP contribution is -1.98. The van der Waals surface area contributed by atoms with Gasteiger partial charge in [0, 0.05) is 5.56 Å². The molecule has 0 saturated heterocycles. The first-order chi connectivity index (χ1) is 8.11. The van der Waals surface area contributed by atoms with Gasteiger partial charge in [0.1, 0.15) is 0 Å². The number of carbonyl (C=O) groups excluding carboxylic acids is 1. The van der Waals surface area contributed by atoms with Crippen molar-refractivity contribution < 1.29 is 4.79 Å². The molecule has 0 atom stereocenters. The molecule has 0 saturated carbocycles. The number of hydrogen-bond donors (Lipinski definition) is 0. The maximum absolute atomic E-state index is 11.3. The Labute approximate surface area is 106 Å². The molecule has 0 aliphatic carbocycles. The first-order valence-corrected chi connectivity index (χ1v) is 5.84. The molecule has 0 fully saturated rings. The van der Waals surface area contributed by atoms with Crippen molar-refractivity contribution in [2.24, 2.45) is 0 Å². The van der Waals surface area contributed by atoms with Crippen molar-refractivity contribution in [3.05, 3.63) is 59.2 Å². The molecule has 1 nitrogen and oxygen atoms in total. The molecule has 0 bridgehead atoms. The average Bonchev–Trinajstić information content (AvgIpc) is 2.30. The second kappa shape index (κ2) is 4.72. The molecule has 2 aromatic carbocycles. The summed E-state index contributed by atoms with van der Waals surface area (Å²) in [5, 5.41) is -0.403. The molecular weight excluding hydrogens is 232 g/mol. The number of halogens is 1. The highest BCUT2D eigenvalue weighted by molar-refractivity contribution is 6.68. The van der Waals surface area contributed by atoms with Gasteiger partial charge in [-0.15, -0.1) is 0 Å². The van der Waals surface area contributed by atoms with Crippen molar-refractivity contribution in [1.29, 1.82) is 0 Å². The molecule has 2 rings (SSSR count). The summed E-state index contributed by atoms with van der Waals surface area (Å²) in [4.78, 5) is 11.3. The minimum absolute atomic E-state index is 0.403. The predicted molar refractivity (Wildman–Crippen MR) is 71.5 cm³/mol. The maximum atomic E-state index is 11.3. The molecule has 2 heteroatoms.